The van der Waals surface area contributed by atoms with Crippen molar-refractivity contribution in [2.75, 3.05) is 19.5 Å². The second-order valence-electron chi connectivity index (χ2n) is 5.33. The largest absolute Gasteiger partial charge is 0.497 e. The van der Waals surface area contributed by atoms with Crippen molar-refractivity contribution in [2.24, 2.45) is 7.05 Å². The van der Waals surface area contributed by atoms with Crippen LogP contribution >= 0.6 is 0 Å². The third-order valence-corrected chi connectivity index (χ3v) is 3.83. The van der Waals surface area contributed by atoms with E-state index in [9.17, 15) is 4.79 Å². The predicted octanol–water partition coefficient (Wildman–Crippen LogP) is 1.58. The Labute approximate surface area is 144 Å². The van der Waals surface area contributed by atoms with Crippen LogP contribution in [0, 0.1) is 6.92 Å². The average Bonchev–Trinajstić information content (AvgIpc) is 3.25. The fraction of sp³-hybridized carbons (Fsp3) is 0.250. The minimum Gasteiger partial charge on any atom is -0.497 e. The van der Waals surface area contributed by atoms with Crippen molar-refractivity contribution in [2.45, 2.75) is 6.92 Å². The summed E-state index contributed by atoms with van der Waals surface area (Å²) in [5.41, 5.74) is 1.79. The van der Waals surface area contributed by atoms with Crippen LogP contribution in [0.3, 0.4) is 0 Å². The zero-order chi connectivity index (χ0) is 18.0. The number of carbonyl (C=O) groups excluding carboxylic acids is 1. The smallest absolute Gasteiger partial charge is 0.256 e. The lowest BCUT2D eigenvalue weighted by Crippen LogP contribution is -2.14. The normalized spacial score (nSPS) is 10.6. The Morgan fingerprint density at radius 3 is 2.24 bits per heavy atom. The second kappa shape index (κ2) is 6.63. The number of hydrogen-bond acceptors (Lipinski definition) is 6. The van der Waals surface area contributed by atoms with E-state index in [1.165, 1.54) is 26.9 Å². The molecule has 25 heavy (non-hydrogen) atoms. The molecule has 9 heteroatoms. The third kappa shape index (κ3) is 3.16. The molecule has 0 unspecified atom stereocenters. The summed E-state index contributed by atoms with van der Waals surface area (Å²) in [5, 5.41) is 14.9. The molecule has 1 aromatic carbocycles. The Kier molecular flexibility index (Phi) is 4.38. The fourth-order valence-corrected chi connectivity index (χ4v) is 2.35. The highest BCUT2D eigenvalue weighted by Crippen LogP contribution is 2.26. The molecule has 2 heterocycles. The van der Waals surface area contributed by atoms with Gasteiger partial charge in [-0.05, 0) is 19.1 Å². The van der Waals surface area contributed by atoms with Crippen LogP contribution < -0.4 is 14.8 Å². The van der Waals surface area contributed by atoms with Crippen LogP contribution in [0.25, 0.3) is 5.82 Å². The van der Waals surface area contributed by atoms with Gasteiger partial charge in [0.05, 0.1) is 19.9 Å². The zero-order valence-corrected chi connectivity index (χ0v) is 14.3. The van der Waals surface area contributed by atoms with Crippen LogP contribution in [0.5, 0.6) is 11.5 Å². The number of rotatable bonds is 5. The lowest BCUT2D eigenvalue weighted by Gasteiger charge is -2.10. The molecule has 0 fully saturated rings. The molecule has 0 aliphatic rings. The van der Waals surface area contributed by atoms with E-state index in [4.69, 9.17) is 9.47 Å². The Bertz CT molecular complexity index is 879. The molecule has 0 aliphatic carbocycles. The van der Waals surface area contributed by atoms with Crippen LogP contribution in [0.1, 0.15) is 16.1 Å². The van der Waals surface area contributed by atoms with E-state index in [0.717, 1.165) is 5.69 Å². The topological polar surface area (TPSA) is 96.1 Å². The molecular formula is C16H18N6O3. The van der Waals surface area contributed by atoms with E-state index in [0.29, 0.717) is 28.6 Å². The Morgan fingerprint density at radius 2 is 1.68 bits per heavy atom. The van der Waals surface area contributed by atoms with Crippen molar-refractivity contribution < 1.29 is 14.3 Å². The standard InChI is InChI=1S/C16H18N6O3/c1-10-14(15(20-21(10)2)22-8-17-18-9-22)19-16(23)11-5-12(24-3)7-13(6-11)25-4/h5-9H,1-4H3,(H,19,23). The minimum absolute atomic E-state index is 0.303. The molecule has 9 nitrogen and oxygen atoms in total. The number of aryl methyl sites for hydroxylation is 1. The van der Waals surface area contributed by atoms with Crippen molar-refractivity contribution >= 4 is 11.6 Å². The highest BCUT2D eigenvalue weighted by Gasteiger charge is 2.19. The van der Waals surface area contributed by atoms with Crippen molar-refractivity contribution in [1.82, 2.24) is 24.5 Å². The molecule has 3 aromatic rings. The minimum atomic E-state index is -0.303. The van der Waals surface area contributed by atoms with Crippen molar-refractivity contribution in [1.29, 1.82) is 0 Å². The number of hydrogen-bond donors (Lipinski definition) is 1. The van der Waals surface area contributed by atoms with E-state index < -0.39 is 0 Å². The van der Waals surface area contributed by atoms with Gasteiger partial charge in [0.2, 0.25) is 0 Å². The van der Waals surface area contributed by atoms with Gasteiger partial charge in [-0.2, -0.15) is 5.10 Å². The highest BCUT2D eigenvalue weighted by atomic mass is 16.5. The van der Waals surface area contributed by atoms with Crippen LogP contribution in [0.15, 0.2) is 30.9 Å². The van der Waals surface area contributed by atoms with Crippen LogP contribution in [0.4, 0.5) is 5.69 Å². The maximum Gasteiger partial charge on any atom is 0.256 e. The van der Waals surface area contributed by atoms with Crippen molar-refractivity contribution in [3.63, 3.8) is 0 Å². The molecule has 0 atom stereocenters. The van der Waals surface area contributed by atoms with Crippen molar-refractivity contribution in [3.05, 3.63) is 42.1 Å². The summed E-state index contributed by atoms with van der Waals surface area (Å²) in [6, 6.07) is 4.98. The number of nitrogens with one attached hydrogen (secondary N) is 1. The number of carbonyl (C=O) groups is 1. The number of aromatic nitrogens is 5. The fourth-order valence-electron chi connectivity index (χ4n) is 2.35. The molecular weight excluding hydrogens is 324 g/mol. The van der Waals surface area contributed by atoms with E-state index in [1.807, 2.05) is 6.92 Å². The quantitative estimate of drug-likeness (QED) is 0.756. The van der Waals surface area contributed by atoms with Crippen LogP contribution in [-0.2, 0) is 7.05 Å². The molecule has 0 saturated carbocycles. The van der Waals surface area contributed by atoms with Crippen LogP contribution in [-0.4, -0.2) is 44.7 Å². The highest BCUT2D eigenvalue weighted by molar-refractivity contribution is 6.06. The van der Waals surface area contributed by atoms with E-state index in [-0.39, 0.29) is 5.91 Å². The molecule has 1 amide bonds. The SMILES string of the molecule is COc1cc(OC)cc(C(=O)Nc2c(-n3cnnc3)nn(C)c2C)c1. The lowest BCUT2D eigenvalue weighted by molar-refractivity contribution is 0.102. The zero-order valence-electron chi connectivity index (χ0n) is 14.3. The number of methoxy groups -OCH3 is 2. The van der Waals surface area contributed by atoms with E-state index in [1.54, 1.807) is 34.5 Å². The number of benzene rings is 1. The Balaban J connectivity index is 1.97. The third-order valence-electron chi connectivity index (χ3n) is 3.83. The number of ether oxygens (including phenoxy) is 2. The average molecular weight is 342 g/mol. The van der Waals surface area contributed by atoms with Gasteiger partial charge < -0.3 is 14.8 Å². The lowest BCUT2D eigenvalue weighted by atomic mass is 10.2. The molecule has 3 rings (SSSR count). The second-order valence-corrected chi connectivity index (χ2v) is 5.33. The van der Waals surface area contributed by atoms with Gasteiger partial charge in [0.1, 0.15) is 29.8 Å². The molecule has 0 bridgehead atoms. The first kappa shape index (κ1) is 16.5. The predicted molar refractivity (Wildman–Crippen MR) is 90.4 cm³/mol. The van der Waals surface area contributed by atoms with E-state index in [2.05, 4.69) is 20.6 Å². The summed E-state index contributed by atoms with van der Waals surface area (Å²) >= 11 is 0. The maximum absolute atomic E-state index is 12.7. The molecule has 2 aromatic heterocycles. The molecule has 0 aliphatic heterocycles. The van der Waals surface area contributed by atoms with Gasteiger partial charge in [-0.25, -0.2) is 0 Å². The van der Waals surface area contributed by atoms with Crippen molar-refractivity contribution in [3.8, 4) is 17.3 Å². The molecule has 0 spiro atoms. The number of anilines is 1. The summed E-state index contributed by atoms with van der Waals surface area (Å²) in [4.78, 5) is 12.7. The number of amides is 1. The first-order valence-electron chi connectivity index (χ1n) is 7.46. The van der Waals surface area contributed by atoms with Gasteiger partial charge in [0, 0.05) is 18.7 Å². The molecule has 1 N–H and O–H groups in total. The Morgan fingerprint density at radius 1 is 1.08 bits per heavy atom. The molecule has 0 saturated heterocycles. The molecule has 130 valence electrons. The first-order chi connectivity index (χ1) is 12.0. The van der Waals surface area contributed by atoms with Gasteiger partial charge in [-0.15, -0.1) is 10.2 Å². The van der Waals surface area contributed by atoms with Crippen LogP contribution in [0.2, 0.25) is 0 Å². The van der Waals surface area contributed by atoms with Gasteiger partial charge in [0.25, 0.3) is 5.91 Å². The van der Waals surface area contributed by atoms with Gasteiger partial charge in [-0.3, -0.25) is 14.0 Å². The monoisotopic (exact) mass is 342 g/mol. The number of nitrogens with zero attached hydrogens (tertiary/aromatic N) is 5. The first-order valence-corrected chi connectivity index (χ1v) is 7.46. The summed E-state index contributed by atoms with van der Waals surface area (Å²) in [7, 11) is 4.87. The molecule has 0 radical (unpaired) electrons. The summed E-state index contributed by atoms with van der Waals surface area (Å²) < 4.78 is 13.7. The van der Waals surface area contributed by atoms with Gasteiger partial charge in [-0.1, -0.05) is 0 Å². The Hall–Kier alpha value is -3.36. The van der Waals surface area contributed by atoms with Gasteiger partial charge >= 0.3 is 0 Å². The van der Waals surface area contributed by atoms with E-state index >= 15 is 0 Å². The van der Waals surface area contributed by atoms with Gasteiger partial charge in [0.15, 0.2) is 5.82 Å². The maximum atomic E-state index is 12.7. The summed E-state index contributed by atoms with van der Waals surface area (Å²) in [6.45, 7) is 1.86. The summed E-state index contributed by atoms with van der Waals surface area (Å²) in [6.07, 6.45) is 3.04. The summed E-state index contributed by atoms with van der Waals surface area (Å²) in [5.74, 6) is 1.30.